The summed E-state index contributed by atoms with van der Waals surface area (Å²) in [6, 6.07) is 6.87. The molecule has 0 N–H and O–H groups in total. The van der Waals surface area contributed by atoms with E-state index in [1.54, 1.807) is 29.4 Å². The third kappa shape index (κ3) is 2.98. The Morgan fingerprint density at radius 2 is 1.93 bits per heavy atom. The molecule has 0 saturated carbocycles. The largest absolute Gasteiger partial charge is 0.495 e. The number of benzene rings is 1. The van der Waals surface area contributed by atoms with Gasteiger partial charge in [-0.25, -0.2) is 0 Å². The first-order valence-electron chi connectivity index (χ1n) is 9.09. The zero-order valence-electron chi connectivity index (χ0n) is 15.7. The molecule has 0 bridgehead atoms. The highest BCUT2D eigenvalue weighted by molar-refractivity contribution is 6.32. The van der Waals surface area contributed by atoms with Crippen molar-refractivity contribution >= 4 is 29.0 Å². The average molecular weight is 402 g/mol. The van der Waals surface area contributed by atoms with Crippen molar-refractivity contribution in [3.05, 3.63) is 52.6 Å². The standard InChI is InChI=1S/C21H20ClNO5/c1-26-18-11-19(27-2)15(10-13(18)22)23-14-5-3-6-16(24)21(14)12(9-20(23)25)17-7-4-8-28-17/h4,7-8,10-12H,3,5-6,9H2,1-2H3. The number of Topliss-reactive ketones (excluding diaryl/α,β-unsaturated/α-hetero) is 1. The second-order valence-electron chi connectivity index (χ2n) is 6.80. The van der Waals surface area contributed by atoms with Crippen LogP contribution in [0.3, 0.4) is 0 Å². The van der Waals surface area contributed by atoms with Gasteiger partial charge in [0.15, 0.2) is 5.78 Å². The van der Waals surface area contributed by atoms with Crippen LogP contribution in [0.25, 0.3) is 0 Å². The van der Waals surface area contributed by atoms with Gasteiger partial charge in [0, 0.05) is 30.2 Å². The van der Waals surface area contributed by atoms with Gasteiger partial charge in [-0.1, -0.05) is 11.6 Å². The molecular formula is C21H20ClNO5. The molecule has 0 saturated heterocycles. The smallest absolute Gasteiger partial charge is 0.232 e. The van der Waals surface area contributed by atoms with Crippen molar-refractivity contribution in [3.8, 4) is 11.5 Å². The summed E-state index contributed by atoms with van der Waals surface area (Å²) in [6.07, 6.45) is 3.49. The molecule has 0 spiro atoms. The van der Waals surface area contributed by atoms with Crippen LogP contribution in [0.4, 0.5) is 5.69 Å². The summed E-state index contributed by atoms with van der Waals surface area (Å²) in [5.74, 6) is 1.11. The van der Waals surface area contributed by atoms with Gasteiger partial charge in [-0.15, -0.1) is 0 Å². The lowest BCUT2D eigenvalue weighted by molar-refractivity contribution is -0.120. The molecule has 1 atom stereocenters. The summed E-state index contributed by atoms with van der Waals surface area (Å²) < 4.78 is 16.3. The maximum atomic E-state index is 13.2. The predicted octanol–water partition coefficient (Wildman–Crippen LogP) is 4.48. The SMILES string of the molecule is COc1cc(OC)c(N2C(=O)CC(c3ccco3)C3=C2CCCC3=O)cc1Cl. The molecule has 0 fully saturated rings. The minimum atomic E-state index is -0.360. The van der Waals surface area contributed by atoms with E-state index in [9.17, 15) is 9.59 Å². The highest BCUT2D eigenvalue weighted by Gasteiger charge is 2.41. The van der Waals surface area contributed by atoms with Crippen LogP contribution in [0.2, 0.25) is 5.02 Å². The predicted molar refractivity (Wildman–Crippen MR) is 104 cm³/mol. The Morgan fingerprint density at radius 3 is 2.61 bits per heavy atom. The molecule has 1 aliphatic heterocycles. The van der Waals surface area contributed by atoms with Crippen LogP contribution < -0.4 is 14.4 Å². The molecule has 6 nitrogen and oxygen atoms in total. The molecule has 1 amide bonds. The quantitative estimate of drug-likeness (QED) is 0.755. The van der Waals surface area contributed by atoms with Crippen molar-refractivity contribution in [1.29, 1.82) is 0 Å². The molecule has 1 aliphatic carbocycles. The van der Waals surface area contributed by atoms with E-state index in [0.29, 0.717) is 58.5 Å². The van der Waals surface area contributed by atoms with Gasteiger partial charge < -0.3 is 13.9 Å². The van der Waals surface area contributed by atoms with Crippen LogP contribution in [0.5, 0.6) is 11.5 Å². The van der Waals surface area contributed by atoms with E-state index in [1.807, 2.05) is 6.07 Å². The van der Waals surface area contributed by atoms with Gasteiger partial charge in [-0.05, 0) is 31.0 Å². The number of carbonyl (C=O) groups is 2. The summed E-state index contributed by atoms with van der Waals surface area (Å²) in [6.45, 7) is 0. The van der Waals surface area contributed by atoms with Gasteiger partial charge in [-0.2, -0.15) is 0 Å². The van der Waals surface area contributed by atoms with E-state index in [-0.39, 0.29) is 24.0 Å². The van der Waals surface area contributed by atoms with Crippen molar-refractivity contribution < 1.29 is 23.5 Å². The number of methoxy groups -OCH3 is 2. The van der Waals surface area contributed by atoms with Crippen molar-refractivity contribution in [2.24, 2.45) is 0 Å². The lowest BCUT2D eigenvalue weighted by Crippen LogP contribution is -2.40. The van der Waals surface area contributed by atoms with Crippen molar-refractivity contribution in [3.63, 3.8) is 0 Å². The first kappa shape index (κ1) is 18.6. The van der Waals surface area contributed by atoms with Crippen LogP contribution in [-0.2, 0) is 9.59 Å². The number of anilines is 1. The fraction of sp³-hybridized carbons (Fsp3) is 0.333. The second-order valence-corrected chi connectivity index (χ2v) is 7.20. The molecule has 146 valence electrons. The fourth-order valence-corrected chi connectivity index (χ4v) is 4.26. The van der Waals surface area contributed by atoms with E-state index in [2.05, 4.69) is 0 Å². The summed E-state index contributed by atoms with van der Waals surface area (Å²) in [4.78, 5) is 27.6. The molecule has 2 aromatic rings. The number of carbonyl (C=O) groups excluding carboxylic acids is 2. The van der Waals surface area contributed by atoms with E-state index >= 15 is 0 Å². The van der Waals surface area contributed by atoms with Crippen LogP contribution in [0.1, 0.15) is 37.4 Å². The second kappa shape index (κ2) is 7.36. The molecule has 0 radical (unpaired) electrons. The number of amides is 1. The first-order chi connectivity index (χ1) is 13.5. The molecule has 28 heavy (non-hydrogen) atoms. The molecule has 1 aromatic heterocycles. The van der Waals surface area contributed by atoms with Crippen LogP contribution in [-0.4, -0.2) is 25.9 Å². The average Bonchev–Trinajstić information content (AvgIpc) is 3.22. The molecule has 7 heteroatoms. The number of rotatable bonds is 4. The minimum absolute atomic E-state index is 0.0544. The monoisotopic (exact) mass is 401 g/mol. The zero-order chi connectivity index (χ0) is 19.8. The molecule has 2 heterocycles. The third-order valence-electron chi connectivity index (χ3n) is 5.26. The van der Waals surface area contributed by atoms with Gasteiger partial charge >= 0.3 is 0 Å². The number of furan rings is 1. The summed E-state index contributed by atoms with van der Waals surface area (Å²) in [5, 5.41) is 0.364. The van der Waals surface area contributed by atoms with Crippen molar-refractivity contribution in [2.75, 3.05) is 19.1 Å². The van der Waals surface area contributed by atoms with Gasteiger partial charge in [0.1, 0.15) is 17.3 Å². The molecular weight excluding hydrogens is 382 g/mol. The van der Waals surface area contributed by atoms with E-state index in [0.717, 1.165) is 0 Å². The topological polar surface area (TPSA) is 69.0 Å². The van der Waals surface area contributed by atoms with Gasteiger partial charge in [0.25, 0.3) is 0 Å². The molecule has 1 aromatic carbocycles. The van der Waals surface area contributed by atoms with Crippen LogP contribution >= 0.6 is 11.6 Å². The first-order valence-corrected chi connectivity index (χ1v) is 9.47. The maximum Gasteiger partial charge on any atom is 0.232 e. The van der Waals surface area contributed by atoms with Crippen LogP contribution in [0.15, 0.2) is 46.2 Å². The Labute approximate surface area is 167 Å². The normalized spacial score (nSPS) is 19.7. The highest BCUT2D eigenvalue weighted by atomic mass is 35.5. The van der Waals surface area contributed by atoms with Gasteiger partial charge in [-0.3, -0.25) is 14.5 Å². The fourth-order valence-electron chi connectivity index (χ4n) is 4.02. The molecule has 4 rings (SSSR count). The Hall–Kier alpha value is -2.73. The van der Waals surface area contributed by atoms with Crippen LogP contribution in [0, 0.1) is 0 Å². The minimum Gasteiger partial charge on any atom is -0.495 e. The van der Waals surface area contributed by atoms with Crippen molar-refractivity contribution in [1.82, 2.24) is 0 Å². The molecule has 2 aliphatic rings. The Morgan fingerprint density at radius 1 is 1.14 bits per heavy atom. The number of nitrogens with zero attached hydrogens (tertiary/aromatic N) is 1. The van der Waals surface area contributed by atoms with E-state index in [1.165, 1.54) is 14.2 Å². The number of ketones is 1. The van der Waals surface area contributed by atoms with Crippen molar-refractivity contribution in [2.45, 2.75) is 31.6 Å². The number of ether oxygens (including phenoxy) is 2. The summed E-state index contributed by atoms with van der Waals surface area (Å²) in [5.41, 5.74) is 1.86. The van der Waals surface area contributed by atoms with E-state index < -0.39 is 0 Å². The van der Waals surface area contributed by atoms with Gasteiger partial charge in [0.2, 0.25) is 5.91 Å². The summed E-state index contributed by atoms with van der Waals surface area (Å²) >= 11 is 6.32. The maximum absolute atomic E-state index is 13.2. The number of hydrogen-bond donors (Lipinski definition) is 0. The highest BCUT2D eigenvalue weighted by Crippen LogP contribution is 2.47. The Balaban J connectivity index is 1.90. The Kier molecular flexibility index (Phi) is 4.89. The lowest BCUT2D eigenvalue weighted by Gasteiger charge is -2.38. The summed E-state index contributed by atoms with van der Waals surface area (Å²) in [7, 11) is 3.04. The lowest BCUT2D eigenvalue weighted by atomic mass is 9.79. The van der Waals surface area contributed by atoms with Gasteiger partial charge in [0.05, 0.1) is 37.1 Å². The molecule has 1 unspecified atom stereocenters. The number of halogens is 1. The third-order valence-corrected chi connectivity index (χ3v) is 5.55. The Bertz CT molecular complexity index is 963. The van der Waals surface area contributed by atoms with E-state index in [4.69, 9.17) is 25.5 Å². The number of allylic oxidation sites excluding steroid dienone is 2. The zero-order valence-corrected chi connectivity index (χ0v) is 16.4. The number of hydrogen-bond acceptors (Lipinski definition) is 5.